The van der Waals surface area contributed by atoms with Gasteiger partial charge in [-0.2, -0.15) is 0 Å². The van der Waals surface area contributed by atoms with Gasteiger partial charge in [-0.25, -0.2) is 4.98 Å². The number of thiazole rings is 1. The third-order valence-corrected chi connectivity index (χ3v) is 3.43. The van der Waals surface area contributed by atoms with E-state index in [4.69, 9.17) is 16.3 Å². The second-order valence-electron chi connectivity index (χ2n) is 3.43. The van der Waals surface area contributed by atoms with E-state index in [1.807, 2.05) is 5.38 Å². The number of aromatic nitrogens is 1. The van der Waals surface area contributed by atoms with Crippen molar-refractivity contribution in [1.82, 2.24) is 4.98 Å². The van der Waals surface area contributed by atoms with Crippen LogP contribution in [-0.2, 0) is 10.6 Å². The highest BCUT2D eigenvalue weighted by Crippen LogP contribution is 2.25. The van der Waals surface area contributed by atoms with Gasteiger partial charge in [0.1, 0.15) is 11.1 Å². The Labute approximate surface area is 101 Å². The van der Waals surface area contributed by atoms with Crippen LogP contribution in [0.5, 0.6) is 0 Å². The summed E-state index contributed by atoms with van der Waals surface area (Å²) in [6, 6.07) is 0. The molecule has 1 aromatic rings. The van der Waals surface area contributed by atoms with Gasteiger partial charge in [-0.05, 0) is 12.8 Å². The maximum atomic E-state index is 5.78. The van der Waals surface area contributed by atoms with Gasteiger partial charge in [0.2, 0.25) is 0 Å². The zero-order valence-corrected chi connectivity index (χ0v) is 10.9. The van der Waals surface area contributed by atoms with Crippen LogP contribution in [0.1, 0.15) is 49.9 Å². The maximum Gasteiger partial charge on any atom is 0.122 e. The van der Waals surface area contributed by atoms with Crippen molar-refractivity contribution in [1.29, 1.82) is 0 Å². The Bertz CT molecular complexity index is 277. The average molecular weight is 248 g/mol. The Kier molecular flexibility index (Phi) is 6.22. The Balaban J connectivity index is 2.49. The zero-order valence-electron chi connectivity index (χ0n) is 9.33. The summed E-state index contributed by atoms with van der Waals surface area (Å²) in [5, 5.41) is 3.07. The van der Waals surface area contributed by atoms with Gasteiger partial charge < -0.3 is 4.74 Å². The van der Waals surface area contributed by atoms with Crippen LogP contribution in [0.4, 0.5) is 0 Å². The number of unbranched alkanes of at least 4 members (excludes halogenated alkanes) is 1. The number of rotatable bonds is 7. The second kappa shape index (κ2) is 7.20. The van der Waals surface area contributed by atoms with Gasteiger partial charge in [-0.3, -0.25) is 0 Å². The largest absolute Gasteiger partial charge is 0.371 e. The molecule has 0 bridgehead atoms. The summed E-state index contributed by atoms with van der Waals surface area (Å²) in [7, 11) is 0. The number of hydrogen-bond donors (Lipinski definition) is 0. The minimum atomic E-state index is 0.151. The normalized spacial score (nSPS) is 13.0. The number of halogens is 1. The van der Waals surface area contributed by atoms with Gasteiger partial charge in [0, 0.05) is 12.0 Å². The lowest BCUT2D eigenvalue weighted by atomic mass is 10.3. The molecule has 1 unspecified atom stereocenters. The average Bonchev–Trinajstić information content (AvgIpc) is 2.73. The molecule has 0 amide bonds. The molecule has 15 heavy (non-hydrogen) atoms. The third-order valence-electron chi connectivity index (χ3n) is 2.17. The van der Waals surface area contributed by atoms with Crippen molar-refractivity contribution < 1.29 is 4.74 Å². The van der Waals surface area contributed by atoms with E-state index < -0.39 is 0 Å². The smallest absolute Gasteiger partial charge is 0.122 e. The minimum Gasteiger partial charge on any atom is -0.371 e. The van der Waals surface area contributed by atoms with Gasteiger partial charge in [0.15, 0.2) is 0 Å². The standard InChI is InChI=1S/C11H18ClNOS/c1-3-5-6-14-10(4-2)11-13-9(7-12)8-15-11/h8,10H,3-7H2,1-2H3. The highest BCUT2D eigenvalue weighted by atomic mass is 35.5. The maximum absolute atomic E-state index is 5.78. The van der Waals surface area contributed by atoms with Crippen molar-refractivity contribution in [2.24, 2.45) is 0 Å². The van der Waals surface area contributed by atoms with E-state index in [0.29, 0.717) is 5.88 Å². The van der Waals surface area contributed by atoms with Crippen LogP contribution in [0.3, 0.4) is 0 Å². The van der Waals surface area contributed by atoms with Crippen LogP contribution in [0.15, 0.2) is 5.38 Å². The summed E-state index contributed by atoms with van der Waals surface area (Å²) in [5.41, 5.74) is 0.953. The molecule has 0 radical (unpaired) electrons. The summed E-state index contributed by atoms with van der Waals surface area (Å²) < 4.78 is 5.78. The molecule has 0 aliphatic rings. The van der Waals surface area contributed by atoms with E-state index in [2.05, 4.69) is 18.8 Å². The Hall–Kier alpha value is -0.120. The fraction of sp³-hybridized carbons (Fsp3) is 0.727. The Morgan fingerprint density at radius 1 is 1.53 bits per heavy atom. The summed E-state index contributed by atoms with van der Waals surface area (Å²) in [4.78, 5) is 4.44. The Morgan fingerprint density at radius 3 is 2.87 bits per heavy atom. The van der Waals surface area contributed by atoms with Crippen molar-refractivity contribution >= 4 is 22.9 Å². The molecule has 0 saturated heterocycles. The monoisotopic (exact) mass is 247 g/mol. The van der Waals surface area contributed by atoms with E-state index in [1.54, 1.807) is 11.3 Å². The number of ether oxygens (including phenoxy) is 1. The zero-order chi connectivity index (χ0) is 11.1. The van der Waals surface area contributed by atoms with Crippen LogP contribution in [0, 0.1) is 0 Å². The second-order valence-corrected chi connectivity index (χ2v) is 4.59. The first kappa shape index (κ1) is 12.9. The first-order valence-electron chi connectivity index (χ1n) is 5.43. The van der Waals surface area contributed by atoms with Crippen LogP contribution in [-0.4, -0.2) is 11.6 Å². The summed E-state index contributed by atoms with van der Waals surface area (Å²) in [6.07, 6.45) is 3.41. The molecule has 1 heterocycles. The molecule has 1 atom stereocenters. The Morgan fingerprint density at radius 2 is 2.33 bits per heavy atom. The van der Waals surface area contributed by atoms with E-state index in [-0.39, 0.29) is 6.10 Å². The molecule has 1 rings (SSSR count). The van der Waals surface area contributed by atoms with E-state index in [0.717, 1.165) is 30.2 Å². The summed E-state index contributed by atoms with van der Waals surface area (Å²) in [5.74, 6) is 0.488. The van der Waals surface area contributed by atoms with E-state index >= 15 is 0 Å². The molecular formula is C11H18ClNOS. The lowest BCUT2D eigenvalue weighted by molar-refractivity contribution is 0.0479. The molecular weight excluding hydrogens is 230 g/mol. The van der Waals surface area contributed by atoms with E-state index in [1.165, 1.54) is 6.42 Å². The predicted molar refractivity (Wildman–Crippen MR) is 65.6 cm³/mol. The van der Waals surface area contributed by atoms with Gasteiger partial charge >= 0.3 is 0 Å². The lowest BCUT2D eigenvalue weighted by Crippen LogP contribution is -2.04. The highest BCUT2D eigenvalue weighted by Gasteiger charge is 2.13. The minimum absolute atomic E-state index is 0.151. The molecule has 0 aliphatic carbocycles. The predicted octanol–water partition coefficient (Wildman–Crippen LogP) is 4.15. The van der Waals surface area contributed by atoms with Crippen molar-refractivity contribution in [2.75, 3.05) is 6.61 Å². The van der Waals surface area contributed by atoms with Crippen molar-refractivity contribution in [3.05, 3.63) is 16.1 Å². The highest BCUT2D eigenvalue weighted by molar-refractivity contribution is 7.09. The van der Waals surface area contributed by atoms with Crippen molar-refractivity contribution in [3.8, 4) is 0 Å². The molecule has 0 fully saturated rings. The van der Waals surface area contributed by atoms with Crippen LogP contribution in [0.2, 0.25) is 0 Å². The molecule has 0 N–H and O–H groups in total. The van der Waals surface area contributed by atoms with Crippen molar-refractivity contribution in [2.45, 2.75) is 45.1 Å². The lowest BCUT2D eigenvalue weighted by Gasteiger charge is -2.12. The third kappa shape index (κ3) is 4.09. The molecule has 86 valence electrons. The quantitative estimate of drug-likeness (QED) is 0.534. The first-order valence-corrected chi connectivity index (χ1v) is 6.85. The first-order chi connectivity index (χ1) is 7.31. The molecule has 2 nitrogen and oxygen atoms in total. The topological polar surface area (TPSA) is 22.1 Å². The molecule has 4 heteroatoms. The van der Waals surface area contributed by atoms with Crippen LogP contribution >= 0.6 is 22.9 Å². The molecule has 0 aliphatic heterocycles. The van der Waals surface area contributed by atoms with Gasteiger partial charge in [-0.1, -0.05) is 20.3 Å². The van der Waals surface area contributed by atoms with Crippen LogP contribution in [0.25, 0.3) is 0 Å². The molecule has 1 aromatic heterocycles. The number of alkyl halides is 1. The fourth-order valence-corrected chi connectivity index (χ4v) is 2.44. The van der Waals surface area contributed by atoms with Crippen LogP contribution < -0.4 is 0 Å². The molecule has 0 spiro atoms. The van der Waals surface area contributed by atoms with Gasteiger partial charge in [0.05, 0.1) is 11.6 Å². The van der Waals surface area contributed by atoms with Crippen molar-refractivity contribution in [3.63, 3.8) is 0 Å². The molecule has 0 saturated carbocycles. The summed E-state index contributed by atoms with van der Waals surface area (Å²) in [6.45, 7) is 5.11. The van der Waals surface area contributed by atoms with E-state index in [9.17, 15) is 0 Å². The number of nitrogens with zero attached hydrogens (tertiary/aromatic N) is 1. The SMILES string of the molecule is CCCCOC(CC)c1nc(CCl)cs1. The molecule has 0 aromatic carbocycles. The fourth-order valence-electron chi connectivity index (χ4n) is 1.27. The number of hydrogen-bond acceptors (Lipinski definition) is 3. The summed E-state index contributed by atoms with van der Waals surface area (Å²) >= 11 is 7.36. The van der Waals surface area contributed by atoms with Gasteiger partial charge in [-0.15, -0.1) is 22.9 Å². The van der Waals surface area contributed by atoms with Gasteiger partial charge in [0.25, 0.3) is 0 Å².